The Morgan fingerprint density at radius 2 is 1.84 bits per heavy atom. The molecule has 7 heteroatoms. The molecule has 0 bridgehead atoms. The Bertz CT molecular complexity index is 889. The fourth-order valence-corrected chi connectivity index (χ4v) is 4.67. The molecule has 1 aromatic heterocycles. The van der Waals surface area contributed by atoms with Crippen molar-refractivity contribution in [3.8, 4) is 0 Å². The van der Waals surface area contributed by atoms with Gasteiger partial charge in [-0.25, -0.2) is 9.97 Å². The Balaban J connectivity index is 1.33. The van der Waals surface area contributed by atoms with Crippen LogP contribution in [0.5, 0.6) is 0 Å². The van der Waals surface area contributed by atoms with Gasteiger partial charge in [0.1, 0.15) is 11.6 Å². The summed E-state index contributed by atoms with van der Waals surface area (Å²) in [7, 11) is 5.86. The predicted molar refractivity (Wildman–Crippen MR) is 128 cm³/mol. The number of likely N-dealkylation sites (tertiary alicyclic amines) is 1. The summed E-state index contributed by atoms with van der Waals surface area (Å²) in [5.41, 5.74) is 2.31. The maximum Gasteiger partial charge on any atom is 0.236 e. The molecule has 0 radical (unpaired) electrons. The summed E-state index contributed by atoms with van der Waals surface area (Å²) in [6.45, 7) is 3.92. The predicted octanol–water partition coefficient (Wildman–Crippen LogP) is 2.81. The molecule has 2 fully saturated rings. The van der Waals surface area contributed by atoms with Crippen LogP contribution >= 0.6 is 0 Å². The van der Waals surface area contributed by atoms with Gasteiger partial charge in [0.25, 0.3) is 0 Å². The number of carbonyl (C=O) groups is 1. The van der Waals surface area contributed by atoms with Crippen LogP contribution in [0.3, 0.4) is 0 Å². The highest BCUT2D eigenvalue weighted by atomic mass is 16.2. The number of amides is 1. The van der Waals surface area contributed by atoms with Crippen molar-refractivity contribution >= 4 is 11.7 Å². The van der Waals surface area contributed by atoms with Crippen LogP contribution in [0.25, 0.3) is 0 Å². The normalized spacial score (nSPS) is 19.8. The molecular formula is C25H36N6O. The third kappa shape index (κ3) is 5.64. The van der Waals surface area contributed by atoms with Gasteiger partial charge in [0, 0.05) is 27.2 Å². The first-order chi connectivity index (χ1) is 15.5. The summed E-state index contributed by atoms with van der Waals surface area (Å²) in [6.07, 6.45) is 4.42. The van der Waals surface area contributed by atoms with E-state index in [1.165, 1.54) is 5.56 Å². The molecule has 1 amide bonds. The van der Waals surface area contributed by atoms with Crippen molar-refractivity contribution in [1.29, 1.82) is 0 Å². The molecule has 2 aliphatic rings. The number of anilines is 1. The van der Waals surface area contributed by atoms with Crippen LogP contribution in [0.1, 0.15) is 54.7 Å². The van der Waals surface area contributed by atoms with E-state index in [4.69, 9.17) is 9.97 Å². The number of hydrogen-bond donors (Lipinski definition) is 1. The maximum atomic E-state index is 12.9. The fourth-order valence-electron chi connectivity index (χ4n) is 4.67. The second-order valence-electron chi connectivity index (χ2n) is 9.33. The van der Waals surface area contributed by atoms with Gasteiger partial charge >= 0.3 is 0 Å². The molecule has 172 valence electrons. The maximum absolute atomic E-state index is 12.9. The number of hydrogen-bond acceptors (Lipinski definition) is 6. The molecule has 2 aliphatic heterocycles. The van der Waals surface area contributed by atoms with Crippen molar-refractivity contribution in [2.75, 3.05) is 52.2 Å². The highest BCUT2D eigenvalue weighted by Crippen LogP contribution is 2.28. The van der Waals surface area contributed by atoms with E-state index in [9.17, 15) is 4.79 Å². The lowest BCUT2D eigenvalue weighted by molar-refractivity contribution is -0.132. The van der Waals surface area contributed by atoms with E-state index in [0.717, 1.165) is 62.7 Å². The quantitative estimate of drug-likeness (QED) is 0.720. The Hall–Kier alpha value is -2.51. The lowest BCUT2D eigenvalue weighted by atomic mass is 9.89. The van der Waals surface area contributed by atoms with Crippen molar-refractivity contribution in [3.63, 3.8) is 0 Å². The lowest BCUT2D eigenvalue weighted by Gasteiger charge is -2.32. The number of nitrogens with zero attached hydrogens (tertiary/aromatic N) is 5. The zero-order valence-electron chi connectivity index (χ0n) is 19.6. The smallest absolute Gasteiger partial charge is 0.236 e. The van der Waals surface area contributed by atoms with Gasteiger partial charge in [0.2, 0.25) is 5.91 Å². The Labute approximate surface area is 191 Å². The van der Waals surface area contributed by atoms with Gasteiger partial charge in [0.05, 0.1) is 24.8 Å². The van der Waals surface area contributed by atoms with E-state index < -0.39 is 0 Å². The second kappa shape index (κ2) is 10.4. The first kappa shape index (κ1) is 22.7. The van der Waals surface area contributed by atoms with Crippen molar-refractivity contribution in [2.45, 2.75) is 44.2 Å². The zero-order valence-corrected chi connectivity index (χ0v) is 19.6. The minimum absolute atomic E-state index is 0.147. The Kier molecular flexibility index (Phi) is 7.37. The molecule has 0 aliphatic carbocycles. The lowest BCUT2D eigenvalue weighted by Crippen LogP contribution is -2.41. The average Bonchev–Trinajstić information content (AvgIpc) is 3.35. The zero-order chi connectivity index (χ0) is 22.5. The minimum atomic E-state index is 0.147. The number of carbonyl (C=O) groups excluding carboxylic acids is 1. The number of benzene rings is 1. The number of rotatable bonds is 7. The van der Waals surface area contributed by atoms with Gasteiger partial charge in [-0.1, -0.05) is 30.3 Å². The van der Waals surface area contributed by atoms with E-state index in [1.54, 1.807) is 4.90 Å². The first-order valence-corrected chi connectivity index (χ1v) is 11.8. The molecule has 3 heterocycles. The summed E-state index contributed by atoms with van der Waals surface area (Å²) in [4.78, 5) is 28.6. The molecule has 1 atom stereocenters. The molecule has 0 saturated carbocycles. The topological polar surface area (TPSA) is 64.6 Å². The molecule has 0 unspecified atom stereocenters. The fraction of sp³-hybridized carbons (Fsp3) is 0.560. The van der Waals surface area contributed by atoms with Gasteiger partial charge in [0.15, 0.2) is 0 Å². The molecular weight excluding hydrogens is 400 g/mol. The second-order valence-corrected chi connectivity index (χ2v) is 9.33. The summed E-state index contributed by atoms with van der Waals surface area (Å²) in [6, 6.07) is 12.9. The summed E-state index contributed by atoms with van der Waals surface area (Å²) in [5.74, 6) is 2.48. The van der Waals surface area contributed by atoms with E-state index in [-0.39, 0.29) is 11.9 Å². The monoisotopic (exact) mass is 436 g/mol. The van der Waals surface area contributed by atoms with Crippen LogP contribution in [-0.4, -0.2) is 73.0 Å². The Morgan fingerprint density at radius 1 is 1.09 bits per heavy atom. The van der Waals surface area contributed by atoms with E-state index >= 15 is 0 Å². The molecule has 4 rings (SSSR count). The van der Waals surface area contributed by atoms with Gasteiger partial charge in [-0.15, -0.1) is 0 Å². The van der Waals surface area contributed by atoms with Gasteiger partial charge < -0.3 is 15.1 Å². The highest BCUT2D eigenvalue weighted by molar-refractivity contribution is 5.78. The molecule has 2 aromatic rings. The summed E-state index contributed by atoms with van der Waals surface area (Å²) < 4.78 is 0. The summed E-state index contributed by atoms with van der Waals surface area (Å²) in [5, 5.41) is 3.48. The van der Waals surface area contributed by atoms with Crippen LogP contribution in [0.4, 0.5) is 5.82 Å². The van der Waals surface area contributed by atoms with Crippen LogP contribution in [-0.2, 0) is 11.3 Å². The van der Waals surface area contributed by atoms with Gasteiger partial charge in [-0.2, -0.15) is 0 Å². The number of likely N-dealkylation sites (N-methyl/N-ethyl adjacent to an activating group) is 1. The third-order valence-corrected chi connectivity index (χ3v) is 6.66. The Morgan fingerprint density at radius 3 is 2.50 bits per heavy atom. The molecule has 0 spiro atoms. The minimum Gasteiger partial charge on any atom is -0.363 e. The molecule has 2 saturated heterocycles. The van der Waals surface area contributed by atoms with Crippen LogP contribution < -0.4 is 10.2 Å². The van der Waals surface area contributed by atoms with Gasteiger partial charge in [-0.3, -0.25) is 9.69 Å². The largest absolute Gasteiger partial charge is 0.363 e. The van der Waals surface area contributed by atoms with Crippen molar-refractivity contribution in [1.82, 2.24) is 25.1 Å². The summed E-state index contributed by atoms with van der Waals surface area (Å²) >= 11 is 0. The number of piperidine rings is 1. The first-order valence-electron chi connectivity index (χ1n) is 11.8. The molecule has 1 N–H and O–H groups in total. The third-order valence-electron chi connectivity index (χ3n) is 6.66. The number of nitrogens with one attached hydrogen (secondary N) is 1. The molecule has 32 heavy (non-hydrogen) atoms. The van der Waals surface area contributed by atoms with E-state index in [0.29, 0.717) is 19.0 Å². The van der Waals surface area contributed by atoms with Gasteiger partial charge in [-0.05, 0) is 56.8 Å². The van der Waals surface area contributed by atoms with Crippen LogP contribution in [0.2, 0.25) is 0 Å². The van der Waals surface area contributed by atoms with E-state index in [1.807, 2.05) is 32.1 Å². The van der Waals surface area contributed by atoms with Crippen molar-refractivity contribution in [3.05, 3.63) is 53.5 Å². The van der Waals surface area contributed by atoms with Crippen molar-refractivity contribution in [2.24, 2.45) is 0 Å². The molecule has 7 nitrogen and oxygen atoms in total. The number of aromatic nitrogens is 2. The average molecular weight is 437 g/mol. The highest BCUT2D eigenvalue weighted by Gasteiger charge is 2.24. The SMILES string of the molecule is CN(Cc1cc(N(C)C)nc([C@H]2CCCN2)n1)C(=O)CN1CCC(c2ccccc2)CC1. The standard InChI is InChI=1S/C25H36N6O/c1-29(2)23-16-21(27-25(28-23)22-10-7-13-26-22)17-30(3)24(32)18-31-14-11-20(12-15-31)19-8-5-4-6-9-19/h4-6,8-9,16,20,22,26H,7,10-15,17-18H2,1-3H3/t22-/m1/s1. The van der Waals surface area contributed by atoms with E-state index in [2.05, 4.69) is 40.5 Å². The molecule has 1 aromatic carbocycles. The van der Waals surface area contributed by atoms with Crippen LogP contribution in [0, 0.1) is 0 Å². The van der Waals surface area contributed by atoms with Crippen molar-refractivity contribution < 1.29 is 4.79 Å². The van der Waals surface area contributed by atoms with Crippen LogP contribution in [0.15, 0.2) is 36.4 Å².